The third-order valence-electron chi connectivity index (χ3n) is 3.95. The maximum absolute atomic E-state index is 11.9. The van der Waals surface area contributed by atoms with Crippen LogP contribution < -0.4 is 10.6 Å². The molecule has 0 aromatic carbocycles. The molecule has 0 saturated carbocycles. The van der Waals surface area contributed by atoms with Crippen molar-refractivity contribution in [2.45, 2.75) is 26.7 Å². The van der Waals surface area contributed by atoms with Crippen molar-refractivity contribution in [1.82, 2.24) is 10.6 Å². The number of nitrogens with one attached hydrogen (secondary N) is 2. The van der Waals surface area contributed by atoms with E-state index in [-0.39, 0.29) is 5.41 Å². The Balaban J connectivity index is 2.22. The molecule has 2 aliphatic rings. The number of carbonyl (C=O) groups excluding carboxylic acids is 1. The van der Waals surface area contributed by atoms with Crippen molar-refractivity contribution in [3.05, 3.63) is 0 Å². The molecule has 0 radical (unpaired) electrons. The topological polar surface area (TPSA) is 41.1 Å². The number of hydrogen-bond donors (Lipinski definition) is 2. The standard InChI is InChI=1S/C11H20N2O/c1-8(2)9-7-13-10(14)11(9)3-5-12-6-4-11/h8-9,12H,3-7H2,1-2H3,(H,13,14). The Morgan fingerprint density at radius 3 is 2.57 bits per heavy atom. The lowest BCUT2D eigenvalue weighted by atomic mass is 9.67. The molecular formula is C11H20N2O. The minimum absolute atomic E-state index is 0.0422. The number of rotatable bonds is 1. The molecule has 1 amide bonds. The first-order valence-corrected chi connectivity index (χ1v) is 5.66. The molecule has 3 nitrogen and oxygen atoms in total. The zero-order valence-electron chi connectivity index (χ0n) is 9.10. The third-order valence-corrected chi connectivity index (χ3v) is 3.95. The Hall–Kier alpha value is -0.570. The fourth-order valence-electron chi connectivity index (χ4n) is 3.09. The van der Waals surface area contributed by atoms with Crippen LogP contribution in [0.3, 0.4) is 0 Å². The van der Waals surface area contributed by atoms with Crippen molar-refractivity contribution in [1.29, 1.82) is 0 Å². The van der Waals surface area contributed by atoms with Gasteiger partial charge < -0.3 is 10.6 Å². The maximum Gasteiger partial charge on any atom is 0.226 e. The monoisotopic (exact) mass is 196 g/mol. The lowest BCUT2D eigenvalue weighted by Gasteiger charge is -2.38. The van der Waals surface area contributed by atoms with Crippen molar-refractivity contribution >= 4 is 5.91 Å². The van der Waals surface area contributed by atoms with Crippen molar-refractivity contribution in [3.8, 4) is 0 Å². The quantitative estimate of drug-likeness (QED) is 0.650. The van der Waals surface area contributed by atoms with Crippen molar-refractivity contribution in [2.24, 2.45) is 17.3 Å². The van der Waals surface area contributed by atoms with Crippen LogP contribution in [0.1, 0.15) is 26.7 Å². The Morgan fingerprint density at radius 2 is 2.00 bits per heavy atom. The smallest absolute Gasteiger partial charge is 0.226 e. The van der Waals surface area contributed by atoms with Gasteiger partial charge in [0.15, 0.2) is 0 Å². The average molecular weight is 196 g/mol. The van der Waals surface area contributed by atoms with E-state index in [0.29, 0.717) is 17.7 Å². The van der Waals surface area contributed by atoms with Gasteiger partial charge in [-0.3, -0.25) is 4.79 Å². The predicted octanol–water partition coefficient (Wildman–Crippen LogP) is 0.758. The molecule has 3 heteroatoms. The van der Waals surface area contributed by atoms with Crippen LogP contribution in [0, 0.1) is 17.3 Å². The lowest BCUT2D eigenvalue weighted by molar-refractivity contribution is -0.131. The first kappa shape index (κ1) is 9.97. The van der Waals surface area contributed by atoms with Gasteiger partial charge in [-0.15, -0.1) is 0 Å². The first-order chi connectivity index (χ1) is 6.67. The van der Waals surface area contributed by atoms with Crippen molar-refractivity contribution < 1.29 is 4.79 Å². The van der Waals surface area contributed by atoms with Crippen molar-refractivity contribution in [2.75, 3.05) is 19.6 Å². The lowest BCUT2D eigenvalue weighted by Crippen LogP contribution is -2.45. The molecule has 0 aliphatic carbocycles. The summed E-state index contributed by atoms with van der Waals surface area (Å²) in [5.41, 5.74) is -0.0422. The van der Waals surface area contributed by atoms with Gasteiger partial charge in [0.05, 0.1) is 5.41 Å². The van der Waals surface area contributed by atoms with E-state index in [2.05, 4.69) is 24.5 Å². The highest BCUT2D eigenvalue weighted by atomic mass is 16.2. The number of amides is 1. The molecule has 1 unspecified atom stereocenters. The van der Waals surface area contributed by atoms with Gasteiger partial charge in [-0.2, -0.15) is 0 Å². The van der Waals surface area contributed by atoms with Gasteiger partial charge in [0.2, 0.25) is 5.91 Å². The molecule has 1 atom stereocenters. The summed E-state index contributed by atoms with van der Waals surface area (Å²) in [6.45, 7) is 7.34. The molecule has 0 aromatic heterocycles. The average Bonchev–Trinajstić information content (AvgIpc) is 2.46. The summed E-state index contributed by atoms with van der Waals surface area (Å²) < 4.78 is 0. The van der Waals surface area contributed by atoms with E-state index in [0.717, 1.165) is 32.5 Å². The summed E-state index contributed by atoms with van der Waals surface area (Å²) in [6.07, 6.45) is 2.03. The molecule has 0 aromatic rings. The van der Waals surface area contributed by atoms with Gasteiger partial charge in [0, 0.05) is 6.54 Å². The van der Waals surface area contributed by atoms with Gasteiger partial charge in [-0.05, 0) is 37.8 Å². The Morgan fingerprint density at radius 1 is 1.36 bits per heavy atom. The van der Waals surface area contributed by atoms with Crippen molar-refractivity contribution in [3.63, 3.8) is 0 Å². The fourth-order valence-corrected chi connectivity index (χ4v) is 3.09. The molecule has 14 heavy (non-hydrogen) atoms. The molecule has 0 bridgehead atoms. The molecule has 2 heterocycles. The van der Waals surface area contributed by atoms with Crippen LogP contribution in [0.4, 0.5) is 0 Å². The van der Waals surface area contributed by atoms with E-state index in [1.54, 1.807) is 0 Å². The minimum Gasteiger partial charge on any atom is -0.355 e. The van der Waals surface area contributed by atoms with Crippen LogP contribution >= 0.6 is 0 Å². The van der Waals surface area contributed by atoms with Crippen LogP contribution in [0.15, 0.2) is 0 Å². The summed E-state index contributed by atoms with van der Waals surface area (Å²) in [4.78, 5) is 11.9. The Kier molecular flexibility index (Phi) is 2.52. The van der Waals surface area contributed by atoms with Gasteiger partial charge in [-0.1, -0.05) is 13.8 Å². The highest BCUT2D eigenvalue weighted by Gasteiger charge is 2.51. The SMILES string of the molecule is CC(C)C1CNC(=O)C12CCNCC2. The second kappa shape index (κ2) is 3.54. The second-order valence-corrected chi connectivity index (χ2v) is 4.97. The van der Waals surface area contributed by atoms with E-state index in [1.807, 2.05) is 0 Å². The molecule has 2 N–H and O–H groups in total. The van der Waals surface area contributed by atoms with Gasteiger partial charge in [0.1, 0.15) is 0 Å². The summed E-state index contributed by atoms with van der Waals surface area (Å²) in [5, 5.41) is 6.38. The zero-order valence-corrected chi connectivity index (χ0v) is 9.10. The van der Waals surface area contributed by atoms with E-state index in [9.17, 15) is 4.79 Å². The summed E-state index contributed by atoms with van der Waals surface area (Å²) in [6, 6.07) is 0. The summed E-state index contributed by atoms with van der Waals surface area (Å²) in [5.74, 6) is 1.45. The molecular weight excluding hydrogens is 176 g/mol. The molecule has 2 fully saturated rings. The van der Waals surface area contributed by atoms with Crippen LogP contribution in [-0.2, 0) is 4.79 Å². The van der Waals surface area contributed by atoms with Gasteiger partial charge >= 0.3 is 0 Å². The van der Waals surface area contributed by atoms with Crippen LogP contribution in [-0.4, -0.2) is 25.5 Å². The van der Waals surface area contributed by atoms with E-state index >= 15 is 0 Å². The highest BCUT2D eigenvalue weighted by Crippen LogP contribution is 2.44. The normalized spacial score (nSPS) is 31.1. The molecule has 2 aliphatic heterocycles. The van der Waals surface area contributed by atoms with E-state index < -0.39 is 0 Å². The highest BCUT2D eigenvalue weighted by molar-refractivity contribution is 5.85. The molecule has 2 saturated heterocycles. The van der Waals surface area contributed by atoms with Gasteiger partial charge in [0.25, 0.3) is 0 Å². The largest absolute Gasteiger partial charge is 0.355 e. The summed E-state index contributed by atoms with van der Waals surface area (Å²) >= 11 is 0. The molecule has 80 valence electrons. The molecule has 1 spiro atoms. The predicted molar refractivity (Wildman–Crippen MR) is 55.9 cm³/mol. The van der Waals surface area contributed by atoms with Crippen LogP contribution in [0.25, 0.3) is 0 Å². The number of carbonyl (C=O) groups is 1. The third kappa shape index (κ3) is 1.34. The Labute approximate surface area is 85.6 Å². The van der Waals surface area contributed by atoms with Crippen LogP contribution in [0.2, 0.25) is 0 Å². The first-order valence-electron chi connectivity index (χ1n) is 5.66. The van der Waals surface area contributed by atoms with E-state index in [4.69, 9.17) is 0 Å². The summed E-state index contributed by atoms with van der Waals surface area (Å²) in [7, 11) is 0. The Bertz CT molecular complexity index is 231. The molecule has 2 rings (SSSR count). The van der Waals surface area contributed by atoms with Crippen LogP contribution in [0.5, 0.6) is 0 Å². The van der Waals surface area contributed by atoms with E-state index in [1.165, 1.54) is 0 Å². The maximum atomic E-state index is 11.9. The van der Waals surface area contributed by atoms with Gasteiger partial charge in [-0.25, -0.2) is 0 Å². The number of hydrogen-bond acceptors (Lipinski definition) is 2. The number of piperidine rings is 1. The zero-order chi connectivity index (χ0) is 10.2. The fraction of sp³-hybridized carbons (Fsp3) is 0.909. The second-order valence-electron chi connectivity index (χ2n) is 4.97. The minimum atomic E-state index is -0.0422.